The van der Waals surface area contributed by atoms with Crippen LogP contribution in [0.2, 0.25) is 10.0 Å². The Morgan fingerprint density at radius 1 is 0.667 bits per heavy atom. The monoisotopic (exact) mass is 1010 g/mol. The highest BCUT2D eigenvalue weighted by atomic mass is 35.5. The molecule has 0 saturated carbocycles. The maximum absolute atomic E-state index is 12.2. The number of aliphatic carboxylic acids is 2. The van der Waals surface area contributed by atoms with E-state index in [1.165, 1.54) is 12.4 Å². The third kappa shape index (κ3) is 12.2. The van der Waals surface area contributed by atoms with Crippen LogP contribution in [0.5, 0.6) is 23.0 Å². The lowest BCUT2D eigenvalue weighted by Gasteiger charge is -2.24. The fourth-order valence-electron chi connectivity index (χ4n) is 9.64. The van der Waals surface area contributed by atoms with E-state index in [2.05, 4.69) is 42.0 Å². The molecule has 0 bridgehead atoms. The van der Waals surface area contributed by atoms with Gasteiger partial charge in [-0.2, -0.15) is 5.26 Å². The highest BCUT2D eigenvalue weighted by Crippen LogP contribution is 2.39. The van der Waals surface area contributed by atoms with Gasteiger partial charge in [0.1, 0.15) is 67.6 Å². The van der Waals surface area contributed by atoms with Crippen LogP contribution in [-0.4, -0.2) is 73.3 Å². The van der Waals surface area contributed by atoms with Crippen molar-refractivity contribution in [3.8, 4) is 40.2 Å². The number of likely N-dealkylation sites (tertiary alicyclic amines) is 2. The van der Waals surface area contributed by atoms with E-state index in [4.69, 9.17) is 47.6 Å². The van der Waals surface area contributed by atoms with Crippen LogP contribution in [0, 0.1) is 42.4 Å². The second-order valence-electron chi connectivity index (χ2n) is 18.8. The third-order valence-corrected chi connectivity index (χ3v) is 14.0. The molecule has 16 heteroatoms. The largest absolute Gasteiger partial charge is 0.488 e. The molecule has 3 N–H and O–H groups in total. The lowest BCUT2D eigenvalue weighted by Crippen LogP contribution is -2.35. The van der Waals surface area contributed by atoms with Crippen molar-refractivity contribution in [1.29, 1.82) is 10.7 Å². The number of rotatable bonds is 20. The van der Waals surface area contributed by atoms with Crippen LogP contribution >= 0.6 is 23.2 Å². The second kappa shape index (κ2) is 23.0. The Morgan fingerprint density at radius 3 is 1.58 bits per heavy atom. The normalized spacial score (nSPS) is 17.8. The number of carboxylic acid groups (broad SMARTS) is 2. The predicted octanol–water partition coefficient (Wildman–Crippen LogP) is 10.8. The summed E-state index contributed by atoms with van der Waals surface area (Å²) in [6.07, 6.45) is 8.73. The van der Waals surface area contributed by atoms with Gasteiger partial charge in [-0.15, -0.1) is 0 Å². The number of halogens is 2. The molecule has 0 radical (unpaired) electrons. The summed E-state index contributed by atoms with van der Waals surface area (Å²) in [7, 11) is 0. The molecule has 0 unspecified atom stereocenters. The Balaban J connectivity index is 1.01. The molecule has 2 aliphatic rings. The zero-order valence-corrected chi connectivity index (χ0v) is 42.0. The number of pyridine rings is 2. The number of hydrogen-bond acceptors (Lipinski definition) is 12. The van der Waals surface area contributed by atoms with Gasteiger partial charge in [0.15, 0.2) is 0 Å². The van der Waals surface area contributed by atoms with Crippen molar-refractivity contribution in [2.45, 2.75) is 92.1 Å². The Kier molecular flexibility index (Phi) is 16.4. The van der Waals surface area contributed by atoms with E-state index < -0.39 is 24.0 Å². The Morgan fingerprint density at radius 2 is 1.12 bits per heavy atom. The first kappa shape index (κ1) is 51.3. The Bertz CT molecular complexity index is 3040. The Labute approximate surface area is 429 Å². The van der Waals surface area contributed by atoms with Gasteiger partial charge >= 0.3 is 11.9 Å². The zero-order chi connectivity index (χ0) is 51.1. The van der Waals surface area contributed by atoms with Crippen LogP contribution in [0.4, 0.5) is 0 Å². The third-order valence-electron chi connectivity index (χ3n) is 13.4. The standard InChI is InChI=1S/C56H56Cl2N6O8/c1-33-11-49(55(65)66)63(25-33)27-43-15-47(57)53(17-51(43)69-29-39-13-37(19-59)21-61-23-39)71-31-41-7-5-9-45(35(41)3)46-10-6-8-42(36(46)4)32-72-54-18-52(70-30-40-14-38(20-60)22-62-24-40)44(16-48(54)58)28-64-26-34(2)12-50(64)56(67)68/h5-10,13-19,21-24,33-34,49-50,59H,11-12,25-32H2,1-4H3,(H,65,66)(H,67,68)/t33-,34-,49-,50-/m0/s1. The number of ether oxygens (including phenoxy) is 4. The van der Waals surface area contributed by atoms with Crippen LogP contribution < -0.4 is 18.9 Å². The maximum atomic E-state index is 12.2. The smallest absolute Gasteiger partial charge is 0.320 e. The first-order chi connectivity index (χ1) is 34.7. The molecule has 2 aliphatic heterocycles. The first-order valence-electron chi connectivity index (χ1n) is 23.7. The number of aromatic nitrogens is 2. The highest BCUT2D eigenvalue weighted by molar-refractivity contribution is 6.32. The SMILES string of the molecule is Cc1c(COc2cc(OCc3cncc(C#N)c3)c(CN3C[C@@H](C)C[C@H]3C(=O)O)cc2Cl)cccc1-c1cccc(COc2cc(OCc3cncc(C=N)c3)c(CN3C[C@@H](C)C[C@H]3C(=O)O)cc2Cl)c1C. The molecule has 2 aromatic heterocycles. The van der Waals surface area contributed by atoms with Gasteiger partial charge in [0.2, 0.25) is 0 Å². The average molecular weight is 1010 g/mol. The van der Waals surface area contributed by atoms with Crippen molar-refractivity contribution in [1.82, 2.24) is 19.8 Å². The summed E-state index contributed by atoms with van der Waals surface area (Å²) in [5, 5.41) is 37.8. The zero-order valence-electron chi connectivity index (χ0n) is 40.5. The maximum Gasteiger partial charge on any atom is 0.320 e. The summed E-state index contributed by atoms with van der Waals surface area (Å²) in [6.45, 7) is 10.7. The summed E-state index contributed by atoms with van der Waals surface area (Å²) in [4.78, 5) is 36.6. The van der Waals surface area contributed by atoms with E-state index in [1.807, 2.05) is 54.0 Å². The van der Waals surface area contributed by atoms with Crippen LogP contribution in [0.25, 0.3) is 11.1 Å². The van der Waals surface area contributed by atoms with E-state index in [0.29, 0.717) is 94.3 Å². The number of nitrogens with one attached hydrogen (secondary N) is 1. The molecule has 4 heterocycles. The van der Waals surface area contributed by atoms with Crippen molar-refractivity contribution < 1.29 is 38.7 Å². The molecule has 8 rings (SSSR count). The molecule has 2 fully saturated rings. The lowest BCUT2D eigenvalue weighted by molar-refractivity contribution is -0.143. The van der Waals surface area contributed by atoms with Crippen molar-refractivity contribution in [3.05, 3.63) is 163 Å². The van der Waals surface area contributed by atoms with Gasteiger partial charge in [-0.3, -0.25) is 29.4 Å². The van der Waals surface area contributed by atoms with Gasteiger partial charge in [0.05, 0.1) is 15.6 Å². The molecule has 0 spiro atoms. The Hall–Kier alpha value is -7.02. The molecule has 372 valence electrons. The van der Waals surface area contributed by atoms with Gasteiger partial charge in [-0.05, 0) is 96.2 Å². The fraction of sp³-hybridized carbons (Fsp3) is 0.321. The molecule has 2 saturated heterocycles. The van der Waals surface area contributed by atoms with E-state index in [9.17, 15) is 25.1 Å². The molecule has 4 atom stereocenters. The number of carboxylic acids is 2. The number of carbonyl (C=O) groups is 2. The van der Waals surface area contributed by atoms with Gasteiger partial charge < -0.3 is 34.6 Å². The van der Waals surface area contributed by atoms with Gasteiger partial charge in [-0.25, -0.2) is 0 Å². The molecule has 4 aromatic carbocycles. The van der Waals surface area contributed by atoms with Crippen molar-refractivity contribution in [2.75, 3.05) is 13.1 Å². The first-order valence-corrected chi connectivity index (χ1v) is 24.5. The second-order valence-corrected chi connectivity index (χ2v) is 19.6. The molecule has 14 nitrogen and oxygen atoms in total. The predicted molar refractivity (Wildman–Crippen MR) is 274 cm³/mol. The molecule has 6 aromatic rings. The van der Waals surface area contributed by atoms with Crippen LogP contribution in [0.3, 0.4) is 0 Å². The minimum atomic E-state index is -0.868. The molecule has 72 heavy (non-hydrogen) atoms. The van der Waals surface area contributed by atoms with E-state index in [0.717, 1.165) is 44.5 Å². The fourth-order valence-corrected chi connectivity index (χ4v) is 10.1. The lowest BCUT2D eigenvalue weighted by atomic mass is 9.92. The van der Waals surface area contributed by atoms with Gasteiger partial charge in [-0.1, -0.05) is 73.4 Å². The van der Waals surface area contributed by atoms with Crippen molar-refractivity contribution >= 4 is 41.4 Å². The van der Waals surface area contributed by atoms with Crippen molar-refractivity contribution in [2.24, 2.45) is 11.8 Å². The summed E-state index contributed by atoms with van der Waals surface area (Å²) in [6, 6.07) is 23.6. The summed E-state index contributed by atoms with van der Waals surface area (Å²) in [5.41, 5.74) is 9.88. The molecule has 0 aliphatic carbocycles. The summed E-state index contributed by atoms with van der Waals surface area (Å²) >= 11 is 13.9. The van der Waals surface area contributed by atoms with Crippen LogP contribution in [-0.2, 0) is 49.1 Å². The number of nitrogens with zero attached hydrogens (tertiary/aromatic N) is 5. The number of hydrogen-bond donors (Lipinski definition) is 3. The van der Waals surface area contributed by atoms with Gasteiger partial charge in [0.25, 0.3) is 0 Å². The van der Waals surface area contributed by atoms with E-state index in [1.54, 1.807) is 48.9 Å². The highest BCUT2D eigenvalue weighted by Gasteiger charge is 2.36. The topological polar surface area (TPSA) is 191 Å². The molecular formula is C56H56Cl2N6O8. The van der Waals surface area contributed by atoms with Crippen molar-refractivity contribution in [3.63, 3.8) is 0 Å². The molecular weight excluding hydrogens is 956 g/mol. The number of benzene rings is 4. The summed E-state index contributed by atoms with van der Waals surface area (Å²) < 4.78 is 25.6. The quantitative estimate of drug-likeness (QED) is 0.0613. The van der Waals surface area contributed by atoms with Crippen LogP contribution in [0.1, 0.15) is 82.3 Å². The average Bonchev–Trinajstić information content (AvgIpc) is 3.94. The molecule has 0 amide bonds. The minimum absolute atomic E-state index is 0.116. The van der Waals surface area contributed by atoms with E-state index >= 15 is 0 Å². The summed E-state index contributed by atoms with van der Waals surface area (Å²) in [5.74, 6) is 0.496. The minimum Gasteiger partial charge on any atom is -0.488 e. The van der Waals surface area contributed by atoms with E-state index in [-0.39, 0.29) is 38.3 Å². The number of nitriles is 1. The van der Waals surface area contributed by atoms with Gasteiger partial charge in [0, 0.05) is 97.1 Å². The van der Waals surface area contributed by atoms with Crippen LogP contribution in [0.15, 0.2) is 97.6 Å².